The number of hydrogen-bond donors (Lipinski definition) is 2. The SMILES string of the molecule is CC(=O)Nc1ccc(O[C@H](C)C(=O)O)cc1. The Morgan fingerprint density at radius 2 is 1.88 bits per heavy atom. The fourth-order valence-electron chi connectivity index (χ4n) is 1.07. The molecular weight excluding hydrogens is 210 g/mol. The normalized spacial score (nSPS) is 11.6. The van der Waals surface area contributed by atoms with Crippen LogP contribution in [0.3, 0.4) is 0 Å². The second-order valence-electron chi connectivity index (χ2n) is 3.30. The van der Waals surface area contributed by atoms with Crippen molar-refractivity contribution in [1.82, 2.24) is 0 Å². The van der Waals surface area contributed by atoms with Crippen LogP contribution < -0.4 is 10.1 Å². The number of rotatable bonds is 4. The number of carbonyl (C=O) groups excluding carboxylic acids is 1. The second kappa shape index (κ2) is 5.16. The van der Waals surface area contributed by atoms with E-state index < -0.39 is 12.1 Å². The first-order valence-corrected chi connectivity index (χ1v) is 4.76. The molecular formula is C11H13NO4. The van der Waals surface area contributed by atoms with E-state index in [1.54, 1.807) is 24.3 Å². The number of hydrogen-bond acceptors (Lipinski definition) is 3. The number of carboxylic acid groups (broad SMARTS) is 1. The van der Waals surface area contributed by atoms with Gasteiger partial charge in [-0.25, -0.2) is 4.79 Å². The predicted octanol–water partition coefficient (Wildman–Crippen LogP) is 1.50. The summed E-state index contributed by atoms with van der Waals surface area (Å²) in [6.07, 6.45) is -0.897. The standard InChI is InChI=1S/C11H13NO4/c1-7(11(14)15)16-10-5-3-9(4-6-10)12-8(2)13/h3-7H,1-2H3,(H,12,13)(H,14,15)/t7-/m1/s1. The van der Waals surface area contributed by atoms with E-state index in [1.807, 2.05) is 0 Å². The number of amides is 1. The molecule has 86 valence electrons. The molecule has 5 nitrogen and oxygen atoms in total. The van der Waals surface area contributed by atoms with Crippen LogP contribution in [0, 0.1) is 0 Å². The van der Waals surface area contributed by atoms with E-state index in [1.165, 1.54) is 13.8 Å². The van der Waals surface area contributed by atoms with Crippen molar-refractivity contribution >= 4 is 17.6 Å². The van der Waals surface area contributed by atoms with E-state index in [-0.39, 0.29) is 5.91 Å². The molecule has 16 heavy (non-hydrogen) atoms. The number of aliphatic carboxylic acids is 1. The maximum atomic E-state index is 10.7. The van der Waals surface area contributed by atoms with E-state index in [2.05, 4.69) is 5.32 Å². The quantitative estimate of drug-likeness (QED) is 0.811. The summed E-state index contributed by atoms with van der Waals surface area (Å²) in [5, 5.41) is 11.2. The monoisotopic (exact) mass is 223 g/mol. The molecule has 1 aromatic carbocycles. The van der Waals surface area contributed by atoms with Gasteiger partial charge in [-0.2, -0.15) is 0 Å². The number of anilines is 1. The molecule has 0 aliphatic rings. The molecule has 0 fully saturated rings. The zero-order valence-corrected chi connectivity index (χ0v) is 9.06. The Hall–Kier alpha value is -2.04. The van der Waals surface area contributed by atoms with Crippen molar-refractivity contribution in [2.24, 2.45) is 0 Å². The van der Waals surface area contributed by atoms with Gasteiger partial charge in [-0.05, 0) is 31.2 Å². The number of nitrogens with one attached hydrogen (secondary N) is 1. The molecule has 1 rings (SSSR count). The third-order valence-corrected chi connectivity index (χ3v) is 1.84. The summed E-state index contributed by atoms with van der Waals surface area (Å²) in [5.41, 5.74) is 0.642. The van der Waals surface area contributed by atoms with Crippen molar-refractivity contribution in [3.8, 4) is 5.75 Å². The Balaban J connectivity index is 2.64. The summed E-state index contributed by atoms with van der Waals surface area (Å²) >= 11 is 0. The van der Waals surface area contributed by atoms with Crippen LogP contribution in [-0.2, 0) is 9.59 Å². The van der Waals surface area contributed by atoms with E-state index >= 15 is 0 Å². The largest absolute Gasteiger partial charge is 0.479 e. The number of ether oxygens (including phenoxy) is 1. The topological polar surface area (TPSA) is 75.6 Å². The summed E-state index contributed by atoms with van der Waals surface area (Å²) < 4.78 is 5.12. The first-order valence-electron chi connectivity index (χ1n) is 4.76. The molecule has 1 atom stereocenters. The molecule has 0 unspecified atom stereocenters. The highest BCUT2D eigenvalue weighted by Gasteiger charge is 2.11. The Morgan fingerprint density at radius 3 is 2.31 bits per heavy atom. The molecule has 0 aliphatic carbocycles. The maximum absolute atomic E-state index is 10.7. The zero-order chi connectivity index (χ0) is 12.1. The van der Waals surface area contributed by atoms with Crippen LogP contribution >= 0.6 is 0 Å². The van der Waals surface area contributed by atoms with Crippen molar-refractivity contribution in [2.45, 2.75) is 20.0 Å². The van der Waals surface area contributed by atoms with Crippen molar-refractivity contribution in [2.75, 3.05) is 5.32 Å². The minimum absolute atomic E-state index is 0.160. The number of carboxylic acids is 1. The van der Waals surface area contributed by atoms with Gasteiger partial charge in [0.05, 0.1) is 0 Å². The first kappa shape index (κ1) is 12.0. The lowest BCUT2D eigenvalue weighted by molar-refractivity contribution is -0.144. The molecule has 1 aromatic rings. The van der Waals surface area contributed by atoms with Crippen molar-refractivity contribution in [3.05, 3.63) is 24.3 Å². The minimum Gasteiger partial charge on any atom is -0.479 e. The van der Waals surface area contributed by atoms with E-state index in [4.69, 9.17) is 9.84 Å². The number of carbonyl (C=O) groups is 2. The average Bonchev–Trinajstić information content (AvgIpc) is 2.20. The van der Waals surface area contributed by atoms with Gasteiger partial charge >= 0.3 is 5.97 Å². The fraction of sp³-hybridized carbons (Fsp3) is 0.273. The van der Waals surface area contributed by atoms with Gasteiger partial charge in [0.1, 0.15) is 5.75 Å². The van der Waals surface area contributed by atoms with E-state index in [0.29, 0.717) is 11.4 Å². The summed E-state index contributed by atoms with van der Waals surface area (Å²) in [6.45, 7) is 2.86. The molecule has 0 spiro atoms. The Morgan fingerprint density at radius 1 is 1.31 bits per heavy atom. The van der Waals surface area contributed by atoms with Gasteiger partial charge in [-0.3, -0.25) is 4.79 Å². The van der Waals surface area contributed by atoms with Crippen LogP contribution in [0.25, 0.3) is 0 Å². The van der Waals surface area contributed by atoms with Gasteiger partial charge in [0.2, 0.25) is 5.91 Å². The lowest BCUT2D eigenvalue weighted by Crippen LogP contribution is -2.22. The summed E-state index contributed by atoms with van der Waals surface area (Å²) in [5.74, 6) is -0.734. The van der Waals surface area contributed by atoms with Gasteiger partial charge in [-0.15, -0.1) is 0 Å². The Kier molecular flexibility index (Phi) is 3.88. The molecule has 2 N–H and O–H groups in total. The lowest BCUT2D eigenvalue weighted by Gasteiger charge is -2.10. The molecule has 0 saturated carbocycles. The lowest BCUT2D eigenvalue weighted by atomic mass is 10.3. The molecule has 0 radical (unpaired) electrons. The third-order valence-electron chi connectivity index (χ3n) is 1.84. The van der Waals surface area contributed by atoms with Gasteiger partial charge in [0, 0.05) is 12.6 Å². The average molecular weight is 223 g/mol. The Labute approximate surface area is 93.0 Å². The Bertz CT molecular complexity index is 385. The van der Waals surface area contributed by atoms with E-state index in [9.17, 15) is 9.59 Å². The van der Waals surface area contributed by atoms with Crippen molar-refractivity contribution in [1.29, 1.82) is 0 Å². The zero-order valence-electron chi connectivity index (χ0n) is 9.06. The summed E-state index contributed by atoms with van der Waals surface area (Å²) in [6, 6.07) is 6.49. The molecule has 0 heterocycles. The van der Waals surface area contributed by atoms with Gasteiger partial charge in [-0.1, -0.05) is 0 Å². The predicted molar refractivity (Wildman–Crippen MR) is 58.5 cm³/mol. The highest BCUT2D eigenvalue weighted by atomic mass is 16.5. The molecule has 5 heteroatoms. The molecule has 1 amide bonds. The van der Waals surface area contributed by atoms with Crippen molar-refractivity contribution in [3.63, 3.8) is 0 Å². The molecule has 0 aromatic heterocycles. The summed E-state index contributed by atoms with van der Waals surface area (Å²) in [4.78, 5) is 21.3. The first-order chi connectivity index (χ1) is 7.49. The highest BCUT2D eigenvalue weighted by Crippen LogP contribution is 2.16. The van der Waals surface area contributed by atoms with Crippen LogP contribution in [0.2, 0.25) is 0 Å². The number of benzene rings is 1. The third kappa shape index (κ3) is 3.61. The molecule has 0 aliphatic heterocycles. The molecule has 0 bridgehead atoms. The molecule has 0 saturated heterocycles. The minimum atomic E-state index is -1.02. The van der Waals surface area contributed by atoms with Gasteiger partial charge < -0.3 is 15.2 Å². The van der Waals surface area contributed by atoms with Crippen LogP contribution in [0.5, 0.6) is 5.75 Å². The highest BCUT2D eigenvalue weighted by molar-refractivity contribution is 5.88. The smallest absolute Gasteiger partial charge is 0.344 e. The second-order valence-corrected chi connectivity index (χ2v) is 3.30. The van der Waals surface area contributed by atoms with Crippen LogP contribution in [0.15, 0.2) is 24.3 Å². The van der Waals surface area contributed by atoms with Crippen LogP contribution in [0.4, 0.5) is 5.69 Å². The van der Waals surface area contributed by atoms with E-state index in [0.717, 1.165) is 0 Å². The summed E-state index contributed by atoms with van der Waals surface area (Å²) in [7, 11) is 0. The van der Waals surface area contributed by atoms with Gasteiger partial charge in [0.15, 0.2) is 6.10 Å². The van der Waals surface area contributed by atoms with Crippen LogP contribution in [-0.4, -0.2) is 23.1 Å². The maximum Gasteiger partial charge on any atom is 0.344 e. The van der Waals surface area contributed by atoms with Crippen LogP contribution in [0.1, 0.15) is 13.8 Å². The van der Waals surface area contributed by atoms with Gasteiger partial charge in [0.25, 0.3) is 0 Å². The fourth-order valence-corrected chi connectivity index (χ4v) is 1.07. The van der Waals surface area contributed by atoms with Crippen molar-refractivity contribution < 1.29 is 19.4 Å².